The highest BCUT2D eigenvalue weighted by atomic mass is 19.1. The molecule has 0 fully saturated rings. The third kappa shape index (κ3) is 3.75. The second-order valence-electron chi connectivity index (χ2n) is 3.28. The number of nitro groups is 1. The van der Waals surface area contributed by atoms with E-state index in [2.05, 4.69) is 5.32 Å². The van der Waals surface area contributed by atoms with Crippen molar-refractivity contribution in [2.24, 2.45) is 5.73 Å². The van der Waals surface area contributed by atoms with Crippen LogP contribution in [0.25, 0.3) is 0 Å². The first kappa shape index (κ1) is 14.0. The number of carbonyl (C=O) groups excluding carboxylic acids is 1. The maximum absolute atomic E-state index is 13.4. The van der Waals surface area contributed by atoms with Gasteiger partial charge in [-0.3, -0.25) is 14.9 Å². The van der Waals surface area contributed by atoms with Gasteiger partial charge >= 0.3 is 0 Å². The van der Waals surface area contributed by atoms with Crippen LogP contribution in [-0.4, -0.2) is 30.6 Å². The summed E-state index contributed by atoms with van der Waals surface area (Å²) >= 11 is 0. The summed E-state index contributed by atoms with van der Waals surface area (Å²) in [6, 6.07) is 3.30. The van der Waals surface area contributed by atoms with Gasteiger partial charge in [0, 0.05) is 12.6 Å². The van der Waals surface area contributed by atoms with E-state index in [0.29, 0.717) is 0 Å². The number of nitrogens with zero attached hydrogens (tertiary/aromatic N) is 1. The largest absolute Gasteiger partial charge is 0.370 e. The molecule has 0 radical (unpaired) electrons. The number of hydrogen-bond donors (Lipinski definition) is 2. The zero-order valence-electron chi connectivity index (χ0n) is 9.39. The number of rotatable bonds is 6. The molecule has 0 unspecified atom stereocenters. The van der Waals surface area contributed by atoms with Crippen molar-refractivity contribution in [3.63, 3.8) is 0 Å². The first-order valence-electron chi connectivity index (χ1n) is 5.07. The summed E-state index contributed by atoms with van der Waals surface area (Å²) < 4.78 is 18.2. The van der Waals surface area contributed by atoms with Gasteiger partial charge in [-0.25, -0.2) is 4.39 Å². The van der Waals surface area contributed by atoms with Crippen molar-refractivity contribution < 1.29 is 18.8 Å². The number of hydrogen-bond acceptors (Lipinski definition) is 5. The van der Waals surface area contributed by atoms with E-state index in [4.69, 9.17) is 10.5 Å². The molecule has 0 spiro atoms. The van der Waals surface area contributed by atoms with Crippen molar-refractivity contribution in [1.82, 2.24) is 0 Å². The molecule has 0 heterocycles. The van der Waals surface area contributed by atoms with E-state index in [1.807, 2.05) is 0 Å². The number of nitrogens with one attached hydrogen (secondary N) is 1. The minimum atomic E-state index is -0.878. The third-order valence-electron chi connectivity index (χ3n) is 1.95. The molecule has 1 rings (SSSR count). The standard InChI is InChI=1S/C10H12FN3O4/c11-7-2-1-3-8(14(16)17)10(7)13-9(15)6-18-5-4-12/h1-3H,4-6,12H2,(H,13,15). The minimum absolute atomic E-state index is 0.173. The van der Waals surface area contributed by atoms with E-state index in [0.717, 1.165) is 12.1 Å². The SMILES string of the molecule is NCCOCC(=O)Nc1c(F)cccc1[N+](=O)[O-]. The predicted octanol–water partition coefficient (Wildman–Crippen LogP) is 0.648. The summed E-state index contributed by atoms with van der Waals surface area (Å²) in [5.41, 5.74) is 4.17. The Morgan fingerprint density at radius 2 is 2.28 bits per heavy atom. The molecule has 0 aliphatic rings. The van der Waals surface area contributed by atoms with Crippen LogP contribution in [-0.2, 0) is 9.53 Å². The van der Waals surface area contributed by atoms with E-state index in [-0.39, 0.29) is 19.8 Å². The fraction of sp³-hybridized carbons (Fsp3) is 0.300. The molecule has 8 heteroatoms. The van der Waals surface area contributed by atoms with Crippen LogP contribution in [0.5, 0.6) is 0 Å². The van der Waals surface area contributed by atoms with Crippen LogP contribution in [0.3, 0.4) is 0 Å². The monoisotopic (exact) mass is 257 g/mol. The number of halogens is 1. The summed E-state index contributed by atoms with van der Waals surface area (Å²) in [7, 11) is 0. The lowest BCUT2D eigenvalue weighted by atomic mass is 10.2. The normalized spacial score (nSPS) is 10.1. The predicted molar refractivity (Wildman–Crippen MR) is 61.6 cm³/mol. The van der Waals surface area contributed by atoms with Gasteiger partial charge in [-0.1, -0.05) is 6.07 Å². The van der Waals surface area contributed by atoms with Gasteiger partial charge in [0.2, 0.25) is 0 Å². The average Bonchev–Trinajstić information content (AvgIpc) is 2.31. The molecule has 0 aromatic heterocycles. The Balaban J connectivity index is 2.77. The Morgan fingerprint density at radius 1 is 1.56 bits per heavy atom. The van der Waals surface area contributed by atoms with Crippen LogP contribution < -0.4 is 11.1 Å². The number of para-hydroxylation sites is 1. The van der Waals surface area contributed by atoms with E-state index in [9.17, 15) is 19.3 Å². The minimum Gasteiger partial charge on any atom is -0.370 e. The molecule has 7 nitrogen and oxygen atoms in total. The molecule has 0 saturated carbocycles. The van der Waals surface area contributed by atoms with Crippen molar-refractivity contribution >= 4 is 17.3 Å². The van der Waals surface area contributed by atoms with Crippen LogP contribution in [0, 0.1) is 15.9 Å². The Bertz CT molecular complexity index is 453. The molecule has 1 aromatic carbocycles. The topological polar surface area (TPSA) is 107 Å². The van der Waals surface area contributed by atoms with Crippen LogP contribution in [0.4, 0.5) is 15.8 Å². The molecule has 3 N–H and O–H groups in total. The molecule has 0 aliphatic carbocycles. The van der Waals surface area contributed by atoms with Crippen molar-refractivity contribution in [2.45, 2.75) is 0 Å². The van der Waals surface area contributed by atoms with Gasteiger partial charge in [0.15, 0.2) is 11.5 Å². The summed E-state index contributed by atoms with van der Waals surface area (Å²) in [6.07, 6.45) is 0. The first-order chi connectivity index (χ1) is 8.56. The Kier molecular flexibility index (Phi) is 5.15. The summed E-state index contributed by atoms with van der Waals surface area (Å²) in [4.78, 5) is 21.2. The highest BCUT2D eigenvalue weighted by Crippen LogP contribution is 2.26. The number of ether oxygens (including phenoxy) is 1. The highest BCUT2D eigenvalue weighted by Gasteiger charge is 2.19. The van der Waals surface area contributed by atoms with Gasteiger partial charge in [-0.15, -0.1) is 0 Å². The average molecular weight is 257 g/mol. The molecule has 0 aliphatic heterocycles. The number of amides is 1. The van der Waals surface area contributed by atoms with Crippen LogP contribution >= 0.6 is 0 Å². The molecule has 98 valence electrons. The molecule has 1 amide bonds. The Morgan fingerprint density at radius 3 is 2.89 bits per heavy atom. The Hall–Kier alpha value is -2.06. The number of anilines is 1. The molecule has 0 saturated heterocycles. The molecular weight excluding hydrogens is 245 g/mol. The summed E-state index contributed by atoms with van der Waals surface area (Å²) in [5, 5.41) is 12.8. The van der Waals surface area contributed by atoms with E-state index in [1.165, 1.54) is 6.07 Å². The maximum Gasteiger partial charge on any atom is 0.295 e. The second kappa shape index (κ2) is 6.62. The quantitative estimate of drug-likeness (QED) is 0.442. The summed E-state index contributed by atoms with van der Waals surface area (Å²) in [6.45, 7) is 0.0720. The lowest BCUT2D eigenvalue weighted by Crippen LogP contribution is -2.21. The number of carbonyl (C=O) groups is 1. The maximum atomic E-state index is 13.4. The first-order valence-corrected chi connectivity index (χ1v) is 5.07. The number of nitrogens with two attached hydrogens (primary N) is 1. The molecule has 0 bridgehead atoms. The van der Waals surface area contributed by atoms with Crippen molar-refractivity contribution in [3.05, 3.63) is 34.1 Å². The van der Waals surface area contributed by atoms with Crippen LogP contribution in [0.15, 0.2) is 18.2 Å². The van der Waals surface area contributed by atoms with Gasteiger partial charge in [-0.05, 0) is 6.07 Å². The Labute approximate surface area is 102 Å². The molecule has 0 atom stereocenters. The molecule has 1 aromatic rings. The van der Waals surface area contributed by atoms with Crippen molar-refractivity contribution in [3.8, 4) is 0 Å². The summed E-state index contributed by atoms with van der Waals surface area (Å²) in [5.74, 6) is -1.56. The van der Waals surface area contributed by atoms with Crippen molar-refractivity contribution in [1.29, 1.82) is 0 Å². The van der Waals surface area contributed by atoms with E-state index in [1.54, 1.807) is 0 Å². The zero-order valence-corrected chi connectivity index (χ0v) is 9.39. The smallest absolute Gasteiger partial charge is 0.295 e. The lowest BCUT2D eigenvalue weighted by Gasteiger charge is -2.07. The third-order valence-corrected chi connectivity index (χ3v) is 1.95. The lowest BCUT2D eigenvalue weighted by molar-refractivity contribution is -0.384. The van der Waals surface area contributed by atoms with Gasteiger partial charge < -0.3 is 15.8 Å². The molecule has 18 heavy (non-hydrogen) atoms. The molecular formula is C10H12FN3O4. The van der Waals surface area contributed by atoms with Crippen molar-refractivity contribution in [2.75, 3.05) is 25.1 Å². The van der Waals surface area contributed by atoms with Crippen LogP contribution in [0.2, 0.25) is 0 Å². The fourth-order valence-electron chi connectivity index (χ4n) is 1.21. The van der Waals surface area contributed by atoms with Gasteiger partial charge in [0.1, 0.15) is 6.61 Å². The van der Waals surface area contributed by atoms with E-state index < -0.39 is 28.0 Å². The van der Waals surface area contributed by atoms with Gasteiger partial charge in [0.25, 0.3) is 11.6 Å². The fourth-order valence-corrected chi connectivity index (χ4v) is 1.21. The number of benzene rings is 1. The zero-order chi connectivity index (χ0) is 13.5. The van der Waals surface area contributed by atoms with Gasteiger partial charge in [0.05, 0.1) is 11.5 Å². The van der Waals surface area contributed by atoms with E-state index >= 15 is 0 Å². The highest BCUT2D eigenvalue weighted by molar-refractivity contribution is 5.94. The second-order valence-corrected chi connectivity index (χ2v) is 3.28. The van der Waals surface area contributed by atoms with Gasteiger partial charge in [-0.2, -0.15) is 0 Å². The van der Waals surface area contributed by atoms with Crippen LogP contribution in [0.1, 0.15) is 0 Å². The number of nitro benzene ring substituents is 1.